The third-order valence-corrected chi connectivity index (χ3v) is 10.2. The molecule has 0 bridgehead atoms. The van der Waals surface area contributed by atoms with Gasteiger partial charge in [0.15, 0.2) is 0 Å². The largest absolute Gasteiger partial charge is 0.469 e. The van der Waals surface area contributed by atoms with Crippen molar-refractivity contribution in [3.63, 3.8) is 0 Å². The number of ether oxygens (including phenoxy) is 1. The summed E-state index contributed by atoms with van der Waals surface area (Å²) < 4.78 is 5.00. The maximum atomic E-state index is 12.1. The molecule has 0 radical (unpaired) electrons. The first-order chi connectivity index (χ1) is 15.5. The van der Waals surface area contributed by atoms with Gasteiger partial charge in [-0.05, 0) is 106 Å². The molecule has 3 nitrogen and oxygen atoms in total. The molecule has 186 valence electrons. The van der Waals surface area contributed by atoms with Crippen molar-refractivity contribution in [1.29, 1.82) is 0 Å². The Balaban J connectivity index is 1.82. The van der Waals surface area contributed by atoms with E-state index in [1.807, 2.05) is 6.92 Å². The number of hydrogen-bond acceptors (Lipinski definition) is 3. The minimum atomic E-state index is -0.369. The van der Waals surface area contributed by atoms with Crippen molar-refractivity contribution in [2.24, 2.45) is 40.4 Å². The van der Waals surface area contributed by atoms with Crippen LogP contribution in [-0.4, -0.2) is 24.3 Å². The molecule has 0 aromatic carbocycles. The zero-order chi connectivity index (χ0) is 24.6. The van der Waals surface area contributed by atoms with E-state index >= 15 is 0 Å². The SMILES string of the molecule is C=C(C)[C@H](O)CC[C@@H](C)[C@H]1CC[C@@]2(C)C3=CC[C@@H](C(=C)C)[C@](C)(CCC(=O)OC)[C@H]3CC[C@H]12. The van der Waals surface area contributed by atoms with Gasteiger partial charge in [-0.1, -0.05) is 56.7 Å². The minimum absolute atomic E-state index is 0.0629. The normalized spacial score (nSPS) is 37.4. The van der Waals surface area contributed by atoms with Gasteiger partial charge < -0.3 is 9.84 Å². The number of carbonyl (C=O) groups excluding carboxylic acids is 1. The number of esters is 1. The smallest absolute Gasteiger partial charge is 0.305 e. The van der Waals surface area contributed by atoms with Crippen LogP contribution in [0, 0.1) is 40.4 Å². The van der Waals surface area contributed by atoms with Gasteiger partial charge in [0, 0.05) is 6.42 Å². The summed E-state index contributed by atoms with van der Waals surface area (Å²) in [5, 5.41) is 10.2. The average molecular weight is 457 g/mol. The number of aliphatic hydroxyl groups excluding tert-OH is 1. The van der Waals surface area contributed by atoms with Gasteiger partial charge in [-0.25, -0.2) is 0 Å². The lowest BCUT2D eigenvalue weighted by molar-refractivity contribution is -0.141. The predicted octanol–water partition coefficient (Wildman–Crippen LogP) is 7.26. The van der Waals surface area contributed by atoms with Gasteiger partial charge in [0.25, 0.3) is 0 Å². The first-order valence-corrected chi connectivity index (χ1v) is 13.2. The molecule has 3 heteroatoms. The van der Waals surface area contributed by atoms with Crippen LogP contribution in [0.2, 0.25) is 0 Å². The molecule has 0 spiro atoms. The number of allylic oxidation sites excluding steroid dienone is 3. The second-order valence-corrected chi connectivity index (χ2v) is 12.1. The molecule has 0 unspecified atom stereocenters. The number of fused-ring (bicyclic) bond motifs is 3. The molecular weight excluding hydrogens is 408 g/mol. The lowest BCUT2D eigenvalue weighted by Gasteiger charge is -2.56. The Morgan fingerprint density at radius 1 is 1.21 bits per heavy atom. The van der Waals surface area contributed by atoms with Gasteiger partial charge in [0.05, 0.1) is 13.2 Å². The molecular formula is C30H48O3. The maximum Gasteiger partial charge on any atom is 0.305 e. The predicted molar refractivity (Wildman–Crippen MR) is 137 cm³/mol. The molecule has 0 aromatic rings. The van der Waals surface area contributed by atoms with Crippen molar-refractivity contribution >= 4 is 5.97 Å². The third kappa shape index (κ3) is 4.90. The third-order valence-electron chi connectivity index (χ3n) is 10.2. The Labute approximate surface area is 202 Å². The van der Waals surface area contributed by atoms with Crippen molar-refractivity contribution in [2.45, 2.75) is 98.5 Å². The summed E-state index contributed by atoms with van der Waals surface area (Å²) in [6, 6.07) is 0. The van der Waals surface area contributed by atoms with E-state index in [0.717, 1.165) is 43.1 Å². The number of aliphatic hydroxyl groups is 1. The van der Waals surface area contributed by atoms with Crippen molar-refractivity contribution in [1.82, 2.24) is 0 Å². The summed E-state index contributed by atoms with van der Waals surface area (Å²) >= 11 is 0. The molecule has 1 N–H and O–H groups in total. The van der Waals surface area contributed by atoms with Gasteiger partial charge in [0.2, 0.25) is 0 Å². The van der Waals surface area contributed by atoms with E-state index < -0.39 is 0 Å². The fraction of sp³-hybridized carbons (Fsp3) is 0.767. The fourth-order valence-corrected chi connectivity index (χ4v) is 8.08. The Bertz CT molecular complexity index is 794. The monoisotopic (exact) mass is 456 g/mol. The molecule has 0 saturated heterocycles. The van der Waals surface area contributed by atoms with Crippen LogP contribution >= 0.6 is 0 Å². The molecule has 0 heterocycles. The Morgan fingerprint density at radius 2 is 1.91 bits per heavy atom. The fourth-order valence-electron chi connectivity index (χ4n) is 8.08. The van der Waals surface area contributed by atoms with Crippen molar-refractivity contribution in [2.75, 3.05) is 7.11 Å². The number of hydrogen-bond donors (Lipinski definition) is 1. The van der Waals surface area contributed by atoms with Crippen molar-refractivity contribution in [3.05, 3.63) is 36.0 Å². The summed E-state index contributed by atoms with van der Waals surface area (Å²) in [7, 11) is 1.49. The highest BCUT2D eigenvalue weighted by molar-refractivity contribution is 5.69. The van der Waals surface area contributed by atoms with E-state index in [9.17, 15) is 9.90 Å². The van der Waals surface area contributed by atoms with Crippen LogP contribution < -0.4 is 0 Å². The second-order valence-electron chi connectivity index (χ2n) is 12.1. The van der Waals surface area contributed by atoms with E-state index in [1.54, 1.807) is 5.57 Å². The molecule has 3 aliphatic rings. The molecule has 0 amide bonds. The van der Waals surface area contributed by atoms with Crippen molar-refractivity contribution in [3.8, 4) is 0 Å². The molecule has 0 aromatic heterocycles. The first kappa shape index (κ1) is 26.3. The van der Waals surface area contributed by atoms with Gasteiger partial charge in [-0.3, -0.25) is 4.79 Å². The molecule has 3 aliphatic carbocycles. The molecule has 2 fully saturated rings. The standard InChI is InChI=1S/C30H48O3/c1-19(2)23-10-12-26-25(29(23,6)18-16-28(32)33-8)13-11-24-22(15-17-30(24,26)7)21(5)9-14-27(31)20(3)4/h12,21-25,27,31H,1,3,9-11,13-18H2,2,4-8H3/t21-,22-,23+,24-,25+,27-,29+,30-/m1/s1. The van der Waals surface area contributed by atoms with E-state index in [4.69, 9.17) is 4.74 Å². The number of rotatable bonds is 9. The topological polar surface area (TPSA) is 46.5 Å². The summed E-state index contributed by atoms with van der Waals surface area (Å²) in [6.07, 6.45) is 11.6. The van der Waals surface area contributed by atoms with E-state index in [2.05, 4.69) is 46.9 Å². The van der Waals surface area contributed by atoms with Crippen LogP contribution in [0.5, 0.6) is 0 Å². The van der Waals surface area contributed by atoms with Gasteiger partial charge >= 0.3 is 5.97 Å². The van der Waals surface area contributed by atoms with Gasteiger partial charge in [0.1, 0.15) is 0 Å². The van der Waals surface area contributed by atoms with Crippen LogP contribution in [-0.2, 0) is 9.53 Å². The zero-order valence-electron chi connectivity index (χ0n) is 22.1. The maximum absolute atomic E-state index is 12.1. The first-order valence-electron chi connectivity index (χ1n) is 13.2. The van der Waals surface area contributed by atoms with Crippen LogP contribution in [0.1, 0.15) is 92.4 Å². The highest BCUT2D eigenvalue weighted by atomic mass is 16.5. The van der Waals surface area contributed by atoms with Crippen LogP contribution in [0.15, 0.2) is 36.0 Å². The highest BCUT2D eigenvalue weighted by Crippen LogP contribution is 2.66. The molecule has 0 aliphatic heterocycles. The zero-order valence-corrected chi connectivity index (χ0v) is 22.1. The summed E-state index contributed by atoms with van der Waals surface area (Å²) in [6.45, 7) is 19.7. The van der Waals surface area contributed by atoms with E-state index in [-0.39, 0.29) is 22.9 Å². The Kier molecular flexibility index (Phi) is 8.04. The van der Waals surface area contributed by atoms with Crippen molar-refractivity contribution < 1.29 is 14.6 Å². The average Bonchev–Trinajstić information content (AvgIpc) is 3.13. The van der Waals surface area contributed by atoms with Gasteiger partial charge in [-0.2, -0.15) is 0 Å². The quantitative estimate of drug-likeness (QED) is 0.293. The lowest BCUT2D eigenvalue weighted by atomic mass is 9.48. The molecule has 33 heavy (non-hydrogen) atoms. The number of methoxy groups -OCH3 is 1. The number of carbonyl (C=O) groups is 1. The Hall–Kier alpha value is -1.35. The van der Waals surface area contributed by atoms with E-state index in [0.29, 0.717) is 24.2 Å². The van der Waals surface area contributed by atoms with E-state index in [1.165, 1.54) is 38.4 Å². The summed E-state index contributed by atoms with van der Waals surface area (Å²) in [5.74, 6) is 2.94. The molecule has 3 rings (SSSR count). The van der Waals surface area contributed by atoms with Gasteiger partial charge in [-0.15, -0.1) is 0 Å². The van der Waals surface area contributed by atoms with Crippen LogP contribution in [0.3, 0.4) is 0 Å². The molecule has 8 atom stereocenters. The summed E-state index contributed by atoms with van der Waals surface area (Å²) in [4.78, 5) is 12.1. The van der Waals surface area contributed by atoms with Crippen LogP contribution in [0.4, 0.5) is 0 Å². The summed E-state index contributed by atoms with van der Waals surface area (Å²) in [5.41, 5.74) is 4.14. The highest BCUT2D eigenvalue weighted by Gasteiger charge is 2.57. The second kappa shape index (κ2) is 10.1. The minimum Gasteiger partial charge on any atom is -0.469 e. The molecule has 2 saturated carbocycles. The lowest BCUT2D eigenvalue weighted by Crippen LogP contribution is -2.48. The Morgan fingerprint density at radius 3 is 2.52 bits per heavy atom. The van der Waals surface area contributed by atoms with Crippen LogP contribution in [0.25, 0.3) is 0 Å².